The van der Waals surface area contributed by atoms with Gasteiger partial charge >= 0.3 is 29.7 Å². The summed E-state index contributed by atoms with van der Waals surface area (Å²) in [4.78, 5) is 68.5. The Labute approximate surface area is 459 Å². The van der Waals surface area contributed by atoms with Crippen molar-refractivity contribution in [2.24, 2.45) is 4.99 Å². The molecule has 0 saturated carbocycles. The van der Waals surface area contributed by atoms with Gasteiger partial charge in [-0.05, 0) is 88.7 Å². The van der Waals surface area contributed by atoms with Crippen LogP contribution < -0.4 is 33.3 Å². The number of carbonyl (C=O) groups excluding carboxylic acids is 6. The molecule has 5 N–H and O–H groups in total. The number of hydrogen-bond acceptors (Lipinski definition) is 15. The van der Waals surface area contributed by atoms with Gasteiger partial charge in [0.15, 0.2) is 0 Å². The molecule has 20 nitrogen and oxygen atoms in total. The molecular formula is C53H97Cl2N5O15. The van der Waals surface area contributed by atoms with Gasteiger partial charge in [0.2, 0.25) is 6.08 Å². The predicted octanol–water partition coefficient (Wildman–Crippen LogP) is 6.00. The average molecular weight is 1120 g/mol. The van der Waals surface area contributed by atoms with Crippen LogP contribution in [0.25, 0.3) is 0 Å². The number of imide groups is 2. The number of aliphatic hydroxyl groups is 1. The van der Waals surface area contributed by atoms with Crippen molar-refractivity contribution in [3.63, 3.8) is 0 Å². The summed E-state index contributed by atoms with van der Waals surface area (Å²) in [5.41, 5.74) is 0. The molecule has 4 aliphatic rings. The third kappa shape index (κ3) is 40.7. The number of likely N-dealkylation sites (N-methyl/N-ethyl adjacent to an activating group) is 1. The van der Waals surface area contributed by atoms with Crippen molar-refractivity contribution in [1.82, 2.24) is 16.0 Å². The Morgan fingerprint density at radius 2 is 0.920 bits per heavy atom. The number of amides is 6. The van der Waals surface area contributed by atoms with Gasteiger partial charge in [-0.15, -0.1) is 4.99 Å². The first-order valence-electron chi connectivity index (χ1n) is 27.9. The average Bonchev–Trinajstić information content (AvgIpc) is 4.23. The Morgan fingerprint density at radius 3 is 1.27 bits per heavy atom. The maximum Gasteiger partial charge on any atom is 0.416 e. The first-order chi connectivity index (χ1) is 35.7. The molecule has 0 unspecified atom stereocenters. The number of aliphatic hydroxyl groups excluding tert-OH is 1. The second-order valence-corrected chi connectivity index (χ2v) is 19.9. The molecule has 4 fully saturated rings. The molecule has 0 bridgehead atoms. The van der Waals surface area contributed by atoms with Crippen LogP contribution in [0.3, 0.4) is 0 Å². The van der Waals surface area contributed by atoms with Crippen LogP contribution in [0.2, 0.25) is 0 Å². The number of ether oxygens (including phenoxy) is 8. The summed E-state index contributed by atoms with van der Waals surface area (Å²) in [7, 11) is 3.99. The fraction of sp³-hybridized carbons (Fsp3) is 0.887. The van der Waals surface area contributed by atoms with Crippen LogP contribution in [-0.4, -0.2) is 157 Å². The van der Waals surface area contributed by atoms with E-state index in [0.29, 0.717) is 19.3 Å². The lowest BCUT2D eigenvalue weighted by Crippen LogP contribution is -3.06. The van der Waals surface area contributed by atoms with E-state index in [1.54, 1.807) is 0 Å². The zero-order valence-electron chi connectivity index (χ0n) is 46.3. The van der Waals surface area contributed by atoms with Gasteiger partial charge < -0.3 is 65.6 Å². The van der Waals surface area contributed by atoms with E-state index in [0.717, 1.165) is 96.3 Å². The summed E-state index contributed by atoms with van der Waals surface area (Å²) in [5, 5.41) is 14.5. The van der Waals surface area contributed by atoms with Gasteiger partial charge in [-0.3, -0.25) is 4.79 Å². The smallest absolute Gasteiger partial charge is 0.416 e. The summed E-state index contributed by atoms with van der Waals surface area (Å²) < 4.78 is 43.5. The lowest BCUT2D eigenvalue weighted by atomic mass is 10.0. The molecule has 0 spiro atoms. The van der Waals surface area contributed by atoms with Crippen LogP contribution >= 0.6 is 11.6 Å². The van der Waals surface area contributed by atoms with Crippen molar-refractivity contribution in [2.45, 2.75) is 237 Å². The molecule has 6 amide bonds. The normalized spacial score (nSPS) is 22.4. The minimum absolute atomic E-state index is 0. The van der Waals surface area contributed by atoms with Crippen LogP contribution in [0.4, 0.5) is 24.0 Å². The Morgan fingerprint density at radius 1 is 0.560 bits per heavy atom. The van der Waals surface area contributed by atoms with Crippen molar-refractivity contribution in [2.75, 3.05) is 66.8 Å². The second kappa shape index (κ2) is 48.0. The van der Waals surface area contributed by atoms with Crippen molar-refractivity contribution in [3.8, 4) is 0 Å². The van der Waals surface area contributed by atoms with Crippen molar-refractivity contribution >= 4 is 47.4 Å². The number of nitrogens with zero attached hydrogens (tertiary/aromatic N) is 1. The standard InChI is InChI=1S/C28H55N3O5.C16H27NO6.C7H14O2.C2ClNO2.ClH/c1-4-5-6-7-8-9-10-11-12-13-14-15-16-17-22-34-23-25-18-19-26(36-25)24-35-28(33)30-27(32)29-20-21-31(2)3;1-3-11-5-7-13(22-11)9-20-15(18)17-16(19)21-10-14-8-6-12(4-2)23-14;1-2-6-3-4-7(5-8)9-6;3-2(6)4-1-5;/h25-26H,4-24H2,1-3H3,(H2,29,30,32,33);11-14H,3-10H2,1-2H3,(H,17,18,19);6-8H,2-5H2,1H3;;1H/t25-,26+;11-,12+,13-,14+;6-,7-;;/m0.1../s1. The van der Waals surface area contributed by atoms with E-state index < -0.39 is 29.7 Å². The van der Waals surface area contributed by atoms with E-state index in [1.165, 1.54) is 88.4 Å². The summed E-state index contributed by atoms with van der Waals surface area (Å²) >= 11 is 4.51. The first-order valence-corrected chi connectivity index (χ1v) is 28.3. The molecule has 4 heterocycles. The minimum atomic E-state index is -1.04. The van der Waals surface area contributed by atoms with Gasteiger partial charge in [0.05, 0.1) is 89.2 Å². The lowest BCUT2D eigenvalue weighted by Gasteiger charge is -2.14. The zero-order valence-corrected chi connectivity index (χ0v) is 47.8. The molecule has 0 aromatic heterocycles. The third-order valence-electron chi connectivity index (χ3n) is 13.0. The molecule has 0 radical (unpaired) electrons. The van der Waals surface area contributed by atoms with Gasteiger partial charge in [-0.1, -0.05) is 111 Å². The molecule has 0 aromatic carbocycles. The quantitative estimate of drug-likeness (QED) is 0.0138. The zero-order chi connectivity index (χ0) is 54.6. The predicted molar refractivity (Wildman–Crippen MR) is 281 cm³/mol. The molecule has 0 aromatic rings. The van der Waals surface area contributed by atoms with Gasteiger partial charge in [0, 0.05) is 6.61 Å². The maximum atomic E-state index is 11.7. The number of isocyanates is 1. The number of unbranched alkanes of at least 4 members (excludes halogenated alkanes) is 13. The van der Waals surface area contributed by atoms with E-state index in [2.05, 4.69) is 54.9 Å². The summed E-state index contributed by atoms with van der Waals surface area (Å²) in [6, 6.07) is -0.539. The summed E-state index contributed by atoms with van der Waals surface area (Å²) in [6.45, 7) is 11.8. The molecule has 438 valence electrons. The van der Waals surface area contributed by atoms with Crippen LogP contribution in [0, 0.1) is 0 Å². The monoisotopic (exact) mass is 1110 g/mol. The van der Waals surface area contributed by atoms with E-state index >= 15 is 0 Å². The number of urea groups is 1. The van der Waals surface area contributed by atoms with Crippen molar-refractivity contribution in [1.29, 1.82) is 0 Å². The maximum absolute atomic E-state index is 11.7. The molecular weight excluding hydrogens is 1020 g/mol. The van der Waals surface area contributed by atoms with Crippen molar-refractivity contribution < 1.29 is 89.1 Å². The Hall–Kier alpha value is -3.17. The lowest BCUT2D eigenvalue weighted by molar-refractivity contribution is -0.856. The van der Waals surface area contributed by atoms with E-state index in [1.807, 2.05) is 19.4 Å². The Balaban J connectivity index is 0.00000118. The van der Waals surface area contributed by atoms with E-state index in [4.69, 9.17) is 47.8 Å². The number of hydrogen-bond donors (Lipinski definition) is 5. The Bertz CT molecular complexity index is 1490. The topological polar surface area (TPSA) is 249 Å². The van der Waals surface area contributed by atoms with Gasteiger partial charge in [-0.2, -0.15) is 0 Å². The molecule has 22 heteroatoms. The number of halogens is 2. The summed E-state index contributed by atoms with van der Waals surface area (Å²) in [5.74, 6) is 0. The van der Waals surface area contributed by atoms with Gasteiger partial charge in [-0.25, -0.2) is 34.6 Å². The number of rotatable bonds is 30. The second-order valence-electron chi connectivity index (χ2n) is 19.6. The minimum Gasteiger partial charge on any atom is -1.00 e. The fourth-order valence-electron chi connectivity index (χ4n) is 8.56. The fourth-order valence-corrected chi connectivity index (χ4v) is 8.59. The van der Waals surface area contributed by atoms with Gasteiger partial charge in [0.1, 0.15) is 19.8 Å². The highest BCUT2D eigenvalue weighted by molar-refractivity contribution is 6.63. The van der Waals surface area contributed by atoms with Crippen LogP contribution in [0.5, 0.6) is 0 Å². The van der Waals surface area contributed by atoms with Crippen LogP contribution in [0.1, 0.15) is 188 Å². The first kappa shape index (κ1) is 71.8. The number of carbonyl (C=O) groups is 5. The largest absolute Gasteiger partial charge is 1.00 e. The van der Waals surface area contributed by atoms with E-state index in [9.17, 15) is 24.0 Å². The number of aliphatic imine (C=N–C) groups is 1. The highest BCUT2D eigenvalue weighted by Crippen LogP contribution is 2.24. The van der Waals surface area contributed by atoms with Crippen molar-refractivity contribution in [3.05, 3.63) is 0 Å². The third-order valence-corrected chi connectivity index (χ3v) is 13.0. The number of nitrogens with one attached hydrogen (secondary N) is 4. The number of alkyl carbamates (subject to hydrolysis) is 3. The highest BCUT2D eigenvalue weighted by Gasteiger charge is 2.29. The Kier molecular flexibility index (Phi) is 46.0. The highest BCUT2D eigenvalue weighted by atomic mass is 35.5. The van der Waals surface area contributed by atoms with E-state index in [-0.39, 0.29) is 81.6 Å². The molecule has 4 saturated heterocycles. The number of quaternary nitrogens is 1. The van der Waals surface area contributed by atoms with Gasteiger partial charge in [0.25, 0.3) is 0 Å². The molecule has 4 aliphatic heterocycles. The molecule has 8 atom stereocenters. The van der Waals surface area contributed by atoms with Crippen LogP contribution in [-0.2, 0) is 42.7 Å². The SMILES string of the molecule is CCCCCCCCCCCCCCCCOC[C@@H]1CC[C@H](COC(=O)NC(=O)NCC[NH+](C)C)O1.CC[C@@H]1CC[C@H](CO)O1.CC[C@@H]1CC[C@H](COC(=O)NC(=O)OC[C@@H]2CC[C@H](CC)O2)O1.O=C=NC(=O)Cl.[Cl-]. The summed E-state index contributed by atoms with van der Waals surface area (Å²) in [6.07, 6.45) is 29.0. The molecule has 0 aliphatic carbocycles. The molecule has 75 heavy (non-hydrogen) atoms. The van der Waals surface area contributed by atoms with Crippen LogP contribution in [0.15, 0.2) is 4.99 Å². The molecule has 4 rings (SSSR count).